The van der Waals surface area contributed by atoms with Gasteiger partial charge < -0.3 is 4.74 Å². The minimum Gasteiger partial charge on any atom is -0.466 e. The Morgan fingerprint density at radius 1 is 1.22 bits per heavy atom. The van der Waals surface area contributed by atoms with Crippen LogP contribution in [-0.4, -0.2) is 12.6 Å². The summed E-state index contributed by atoms with van der Waals surface area (Å²) in [4.78, 5) is 11.8. The fourth-order valence-corrected chi connectivity index (χ4v) is 2.07. The average Bonchev–Trinajstić information content (AvgIpc) is 2.38. The molecule has 0 saturated carbocycles. The summed E-state index contributed by atoms with van der Waals surface area (Å²) in [6.45, 7) is 3.90. The topological polar surface area (TPSA) is 26.3 Å². The maximum Gasteiger partial charge on any atom is 0.313 e. The first kappa shape index (κ1) is 12.6. The van der Waals surface area contributed by atoms with Crippen LogP contribution in [0.15, 0.2) is 36.4 Å². The van der Waals surface area contributed by atoms with Gasteiger partial charge in [-0.3, -0.25) is 4.79 Å². The van der Waals surface area contributed by atoms with E-state index in [2.05, 4.69) is 0 Å². The van der Waals surface area contributed by atoms with Gasteiger partial charge >= 0.3 is 5.97 Å². The molecule has 0 aromatic heterocycles. The third kappa shape index (κ3) is 2.21. The van der Waals surface area contributed by atoms with Crippen molar-refractivity contribution in [1.82, 2.24) is 0 Å². The Kier molecular flexibility index (Phi) is 3.60. The van der Waals surface area contributed by atoms with Crippen LogP contribution in [0.5, 0.6) is 0 Å². The van der Waals surface area contributed by atoms with E-state index in [1.165, 1.54) is 6.07 Å². The second kappa shape index (κ2) is 5.17. The molecule has 0 aliphatic rings. The number of halogens is 1. The maximum atomic E-state index is 13.7. The number of hydrogen-bond donors (Lipinski definition) is 0. The summed E-state index contributed by atoms with van der Waals surface area (Å²) in [5, 5.41) is 1.30. The van der Waals surface area contributed by atoms with Gasteiger partial charge in [-0.05, 0) is 30.9 Å². The van der Waals surface area contributed by atoms with Crippen molar-refractivity contribution in [3.8, 4) is 0 Å². The van der Waals surface area contributed by atoms with E-state index in [4.69, 9.17) is 4.74 Å². The van der Waals surface area contributed by atoms with Crippen LogP contribution in [-0.2, 0) is 9.53 Å². The van der Waals surface area contributed by atoms with Crippen LogP contribution in [0.4, 0.5) is 4.39 Å². The molecule has 1 atom stereocenters. The van der Waals surface area contributed by atoms with Gasteiger partial charge in [-0.1, -0.05) is 30.3 Å². The number of carbonyl (C=O) groups is 1. The zero-order chi connectivity index (χ0) is 13.1. The molecule has 18 heavy (non-hydrogen) atoms. The molecular formula is C15H15FO2. The van der Waals surface area contributed by atoms with Crippen molar-refractivity contribution in [2.45, 2.75) is 19.8 Å². The number of rotatable bonds is 3. The van der Waals surface area contributed by atoms with Crippen molar-refractivity contribution in [2.24, 2.45) is 0 Å². The summed E-state index contributed by atoms with van der Waals surface area (Å²) >= 11 is 0. The molecule has 0 aliphatic heterocycles. The molecule has 0 saturated heterocycles. The SMILES string of the molecule is CCOC(=O)C(C)c1cccc2c(F)cccc12. The monoisotopic (exact) mass is 246 g/mol. The Morgan fingerprint density at radius 3 is 2.61 bits per heavy atom. The van der Waals surface area contributed by atoms with Gasteiger partial charge in [0.05, 0.1) is 12.5 Å². The standard InChI is InChI=1S/C15H15FO2/c1-3-18-15(17)10(2)11-6-4-8-13-12(11)7-5-9-14(13)16/h4-10H,3H2,1-2H3. The molecule has 2 nitrogen and oxygen atoms in total. The van der Waals surface area contributed by atoms with Gasteiger partial charge in [0.25, 0.3) is 0 Å². The van der Waals surface area contributed by atoms with Crippen LogP contribution < -0.4 is 0 Å². The lowest BCUT2D eigenvalue weighted by molar-refractivity contribution is -0.144. The van der Waals surface area contributed by atoms with E-state index in [0.29, 0.717) is 12.0 Å². The molecule has 0 aliphatic carbocycles. The van der Waals surface area contributed by atoms with E-state index in [9.17, 15) is 9.18 Å². The number of hydrogen-bond acceptors (Lipinski definition) is 2. The zero-order valence-electron chi connectivity index (χ0n) is 10.4. The molecule has 0 spiro atoms. The minimum atomic E-state index is -0.393. The van der Waals surface area contributed by atoms with Crippen LogP contribution in [0.25, 0.3) is 10.8 Å². The van der Waals surface area contributed by atoms with Crippen LogP contribution in [0.2, 0.25) is 0 Å². The maximum absolute atomic E-state index is 13.7. The normalized spacial score (nSPS) is 12.4. The Hall–Kier alpha value is -1.90. The number of esters is 1. The highest BCUT2D eigenvalue weighted by Crippen LogP contribution is 2.27. The number of benzene rings is 2. The molecule has 0 fully saturated rings. The Labute approximate surface area is 105 Å². The van der Waals surface area contributed by atoms with Crippen molar-refractivity contribution in [3.63, 3.8) is 0 Å². The number of fused-ring (bicyclic) bond motifs is 1. The fraction of sp³-hybridized carbons (Fsp3) is 0.267. The van der Waals surface area contributed by atoms with E-state index in [1.807, 2.05) is 12.1 Å². The van der Waals surface area contributed by atoms with Crippen LogP contribution in [0.3, 0.4) is 0 Å². The molecule has 0 bridgehead atoms. The summed E-state index contributed by atoms with van der Waals surface area (Å²) < 4.78 is 18.7. The van der Waals surface area contributed by atoms with Crippen LogP contribution in [0.1, 0.15) is 25.3 Å². The highest BCUT2D eigenvalue weighted by atomic mass is 19.1. The lowest BCUT2D eigenvalue weighted by Crippen LogP contribution is -2.13. The molecule has 0 amide bonds. The highest BCUT2D eigenvalue weighted by molar-refractivity contribution is 5.91. The van der Waals surface area contributed by atoms with Gasteiger partial charge in [0.15, 0.2) is 0 Å². The highest BCUT2D eigenvalue weighted by Gasteiger charge is 2.18. The van der Waals surface area contributed by atoms with Crippen molar-refractivity contribution in [3.05, 3.63) is 47.8 Å². The first-order chi connectivity index (χ1) is 8.65. The van der Waals surface area contributed by atoms with Gasteiger partial charge in [-0.15, -0.1) is 0 Å². The van der Waals surface area contributed by atoms with Crippen LogP contribution in [0, 0.1) is 5.82 Å². The quantitative estimate of drug-likeness (QED) is 0.773. The first-order valence-electron chi connectivity index (χ1n) is 5.99. The average molecular weight is 246 g/mol. The van der Waals surface area contributed by atoms with Crippen molar-refractivity contribution >= 4 is 16.7 Å². The fourth-order valence-electron chi connectivity index (χ4n) is 2.07. The summed E-state index contributed by atoms with van der Waals surface area (Å²) in [5.41, 5.74) is 0.797. The zero-order valence-corrected chi connectivity index (χ0v) is 10.4. The van der Waals surface area contributed by atoms with Crippen molar-refractivity contribution in [2.75, 3.05) is 6.61 Å². The number of ether oxygens (including phenoxy) is 1. The number of carbonyl (C=O) groups excluding carboxylic acids is 1. The summed E-state index contributed by atoms with van der Waals surface area (Å²) in [7, 11) is 0. The largest absolute Gasteiger partial charge is 0.466 e. The smallest absolute Gasteiger partial charge is 0.313 e. The van der Waals surface area contributed by atoms with E-state index in [-0.39, 0.29) is 11.8 Å². The van der Waals surface area contributed by atoms with Crippen LogP contribution >= 0.6 is 0 Å². The third-order valence-corrected chi connectivity index (χ3v) is 3.01. The van der Waals surface area contributed by atoms with Gasteiger partial charge in [-0.25, -0.2) is 4.39 Å². The molecule has 3 heteroatoms. The molecule has 1 unspecified atom stereocenters. The Morgan fingerprint density at radius 2 is 1.89 bits per heavy atom. The molecule has 0 N–H and O–H groups in total. The lowest BCUT2D eigenvalue weighted by Gasteiger charge is -2.13. The van der Waals surface area contributed by atoms with E-state index in [1.54, 1.807) is 32.0 Å². The molecule has 2 aromatic rings. The first-order valence-corrected chi connectivity index (χ1v) is 5.99. The molecule has 94 valence electrons. The molecule has 2 rings (SSSR count). The summed E-state index contributed by atoms with van der Waals surface area (Å²) in [6, 6.07) is 10.2. The van der Waals surface area contributed by atoms with Crippen molar-refractivity contribution < 1.29 is 13.9 Å². The van der Waals surface area contributed by atoms with E-state index in [0.717, 1.165) is 10.9 Å². The molecular weight excluding hydrogens is 231 g/mol. The molecule has 0 heterocycles. The Bertz CT molecular complexity index is 578. The second-order valence-electron chi connectivity index (χ2n) is 4.16. The lowest BCUT2D eigenvalue weighted by atomic mass is 9.95. The molecule has 0 radical (unpaired) electrons. The summed E-state index contributed by atoms with van der Waals surface area (Å²) in [6.07, 6.45) is 0. The van der Waals surface area contributed by atoms with Gasteiger partial charge in [0, 0.05) is 5.39 Å². The minimum absolute atomic E-state index is 0.273. The van der Waals surface area contributed by atoms with Crippen molar-refractivity contribution in [1.29, 1.82) is 0 Å². The predicted octanol–water partition coefficient (Wildman–Crippen LogP) is 3.65. The second-order valence-corrected chi connectivity index (χ2v) is 4.16. The van der Waals surface area contributed by atoms with Gasteiger partial charge in [0.2, 0.25) is 0 Å². The molecule has 2 aromatic carbocycles. The van der Waals surface area contributed by atoms with E-state index < -0.39 is 5.92 Å². The van der Waals surface area contributed by atoms with Gasteiger partial charge in [-0.2, -0.15) is 0 Å². The third-order valence-electron chi connectivity index (χ3n) is 3.01. The van der Waals surface area contributed by atoms with E-state index >= 15 is 0 Å². The summed E-state index contributed by atoms with van der Waals surface area (Å²) in [5.74, 6) is -0.949. The predicted molar refractivity (Wildman–Crippen MR) is 69.0 cm³/mol. The van der Waals surface area contributed by atoms with Gasteiger partial charge in [0.1, 0.15) is 5.82 Å². The Balaban J connectivity index is 2.51.